The number of fused-ring (bicyclic) bond motifs is 8. The zero-order valence-corrected chi connectivity index (χ0v) is 28.1. The molecule has 2 nitrogen and oxygen atoms in total. The molecule has 6 aromatic carbocycles. The molecule has 0 radical (unpaired) electrons. The molecule has 0 saturated carbocycles. The van der Waals surface area contributed by atoms with Crippen LogP contribution < -0.4 is 0 Å². The maximum atomic E-state index is 5.35. The number of nitrogens with zero attached hydrogens (tertiary/aromatic N) is 2. The molecule has 2 heterocycles. The standard InChI is InChI=1S/C46H44N2/c1-2-3-4-5-6-7-8-9-10-25-38(43-36-23-15-17-26-41(36)47-45-34-21-13-11-19-32(34)28-30-39(43)45)44-37-24-16-18-27-42(37)48-46-35-22-14-12-20-33(35)29-31-40(44)46/h11-24,26-31,38H,2-10,25H2,1H3. The van der Waals surface area contributed by atoms with Gasteiger partial charge in [-0.15, -0.1) is 0 Å². The van der Waals surface area contributed by atoms with E-state index < -0.39 is 0 Å². The summed E-state index contributed by atoms with van der Waals surface area (Å²) in [5, 5.41) is 9.97. The fourth-order valence-electron chi connectivity index (χ4n) is 8.16. The summed E-state index contributed by atoms with van der Waals surface area (Å²) in [6.07, 6.45) is 13.0. The number of unbranched alkanes of at least 4 members (excludes halogenated alkanes) is 8. The van der Waals surface area contributed by atoms with Crippen molar-refractivity contribution in [3.8, 4) is 0 Å². The van der Waals surface area contributed by atoms with Crippen molar-refractivity contribution < 1.29 is 0 Å². The van der Waals surface area contributed by atoms with Crippen LogP contribution in [0.3, 0.4) is 0 Å². The predicted molar refractivity (Wildman–Crippen MR) is 207 cm³/mol. The van der Waals surface area contributed by atoms with Crippen LogP contribution in [0.1, 0.15) is 88.2 Å². The molecule has 8 rings (SSSR count). The van der Waals surface area contributed by atoms with Gasteiger partial charge in [0, 0.05) is 38.2 Å². The summed E-state index contributed by atoms with van der Waals surface area (Å²) in [4.78, 5) is 10.7. The van der Waals surface area contributed by atoms with Crippen molar-refractivity contribution in [1.29, 1.82) is 0 Å². The van der Waals surface area contributed by atoms with Crippen LogP contribution in [-0.4, -0.2) is 9.97 Å². The number of pyridine rings is 2. The molecule has 0 fully saturated rings. The molecule has 0 saturated heterocycles. The van der Waals surface area contributed by atoms with Gasteiger partial charge in [0.25, 0.3) is 0 Å². The van der Waals surface area contributed by atoms with E-state index in [4.69, 9.17) is 9.97 Å². The smallest absolute Gasteiger partial charge is 0.0791 e. The zero-order valence-electron chi connectivity index (χ0n) is 28.1. The lowest BCUT2D eigenvalue weighted by molar-refractivity contribution is 0.547. The minimum Gasteiger partial charge on any atom is -0.247 e. The van der Waals surface area contributed by atoms with Gasteiger partial charge in [-0.25, -0.2) is 9.97 Å². The Morgan fingerprint density at radius 2 is 0.812 bits per heavy atom. The van der Waals surface area contributed by atoms with Gasteiger partial charge in [-0.2, -0.15) is 0 Å². The molecule has 48 heavy (non-hydrogen) atoms. The van der Waals surface area contributed by atoms with Gasteiger partial charge in [-0.05, 0) is 40.5 Å². The average Bonchev–Trinajstić information content (AvgIpc) is 3.14. The summed E-state index contributed by atoms with van der Waals surface area (Å²) < 4.78 is 0. The summed E-state index contributed by atoms with van der Waals surface area (Å²) >= 11 is 0. The molecule has 8 aromatic rings. The summed E-state index contributed by atoms with van der Waals surface area (Å²) in [5.41, 5.74) is 7.17. The van der Waals surface area contributed by atoms with Crippen LogP contribution in [0.4, 0.5) is 0 Å². The van der Waals surface area contributed by atoms with Gasteiger partial charge in [0.15, 0.2) is 0 Å². The molecule has 0 aliphatic rings. The van der Waals surface area contributed by atoms with Gasteiger partial charge in [0.05, 0.1) is 22.1 Å². The van der Waals surface area contributed by atoms with Crippen LogP contribution in [0.15, 0.2) is 121 Å². The first kappa shape index (κ1) is 30.5. The number of benzene rings is 6. The number of hydrogen-bond acceptors (Lipinski definition) is 2. The van der Waals surface area contributed by atoms with Crippen molar-refractivity contribution in [3.05, 3.63) is 132 Å². The van der Waals surface area contributed by atoms with Crippen LogP contribution in [0, 0.1) is 0 Å². The molecule has 0 bridgehead atoms. The van der Waals surface area contributed by atoms with Crippen molar-refractivity contribution in [3.63, 3.8) is 0 Å². The Hall–Kier alpha value is -4.82. The topological polar surface area (TPSA) is 25.8 Å². The Labute approximate surface area is 283 Å². The summed E-state index contributed by atoms with van der Waals surface area (Å²) in [7, 11) is 0. The molecule has 2 heteroatoms. The molecule has 0 atom stereocenters. The van der Waals surface area contributed by atoms with Gasteiger partial charge < -0.3 is 0 Å². The first-order valence-electron chi connectivity index (χ1n) is 18.2. The third kappa shape index (κ3) is 5.68. The molecular formula is C46H44N2. The van der Waals surface area contributed by atoms with Gasteiger partial charge in [-0.3, -0.25) is 0 Å². The minimum absolute atomic E-state index is 0.183. The van der Waals surface area contributed by atoms with Crippen molar-refractivity contribution in [2.45, 2.75) is 77.0 Å². The van der Waals surface area contributed by atoms with Crippen LogP contribution in [-0.2, 0) is 0 Å². The van der Waals surface area contributed by atoms with Gasteiger partial charge >= 0.3 is 0 Å². The highest BCUT2D eigenvalue weighted by Gasteiger charge is 2.26. The predicted octanol–water partition coefficient (Wildman–Crippen LogP) is 13.4. The van der Waals surface area contributed by atoms with Crippen LogP contribution in [0.25, 0.3) is 65.2 Å². The second-order valence-corrected chi connectivity index (χ2v) is 13.6. The number of hydrogen-bond donors (Lipinski definition) is 0. The molecule has 0 aliphatic heterocycles. The van der Waals surface area contributed by atoms with Gasteiger partial charge in [0.2, 0.25) is 0 Å². The summed E-state index contributed by atoms with van der Waals surface area (Å²) in [5.74, 6) is 0.183. The molecule has 2 aromatic heterocycles. The maximum absolute atomic E-state index is 5.35. The number of rotatable bonds is 12. The van der Waals surface area contributed by atoms with Crippen molar-refractivity contribution in [1.82, 2.24) is 9.97 Å². The Kier molecular flexibility index (Phi) is 8.73. The van der Waals surface area contributed by atoms with Crippen LogP contribution in [0.5, 0.6) is 0 Å². The lowest BCUT2D eigenvalue weighted by Crippen LogP contribution is -2.07. The second-order valence-electron chi connectivity index (χ2n) is 13.6. The van der Waals surface area contributed by atoms with E-state index in [0.717, 1.165) is 28.5 Å². The average molecular weight is 625 g/mol. The van der Waals surface area contributed by atoms with E-state index in [2.05, 4.69) is 128 Å². The van der Waals surface area contributed by atoms with Crippen molar-refractivity contribution >= 4 is 65.2 Å². The lowest BCUT2D eigenvalue weighted by Gasteiger charge is -2.25. The van der Waals surface area contributed by atoms with E-state index in [-0.39, 0.29) is 5.92 Å². The van der Waals surface area contributed by atoms with E-state index in [1.165, 1.54) is 112 Å². The fraction of sp³-hybridized carbons (Fsp3) is 0.261. The summed E-state index contributed by atoms with van der Waals surface area (Å²) in [6.45, 7) is 2.30. The van der Waals surface area contributed by atoms with Crippen molar-refractivity contribution in [2.75, 3.05) is 0 Å². The van der Waals surface area contributed by atoms with Crippen molar-refractivity contribution in [2.24, 2.45) is 0 Å². The van der Waals surface area contributed by atoms with Gasteiger partial charge in [0.1, 0.15) is 0 Å². The number of aromatic nitrogens is 2. The quantitative estimate of drug-likeness (QED) is 0.0768. The molecule has 0 aliphatic carbocycles. The SMILES string of the molecule is CCCCCCCCCCCC(c1c2ccccc2nc2c1ccc1ccccc12)c1c2ccccc2nc2c1ccc1ccccc12. The van der Waals surface area contributed by atoms with E-state index in [1.54, 1.807) is 0 Å². The third-order valence-electron chi connectivity index (χ3n) is 10.5. The normalized spacial score (nSPS) is 12.0. The Morgan fingerprint density at radius 1 is 0.396 bits per heavy atom. The molecule has 238 valence electrons. The molecule has 0 amide bonds. The third-order valence-corrected chi connectivity index (χ3v) is 10.5. The molecule has 0 unspecified atom stereocenters. The Bertz CT molecular complexity index is 2230. The second kappa shape index (κ2) is 13.7. The summed E-state index contributed by atoms with van der Waals surface area (Å²) in [6, 6.07) is 44.4. The monoisotopic (exact) mass is 624 g/mol. The van der Waals surface area contributed by atoms with E-state index >= 15 is 0 Å². The fourth-order valence-corrected chi connectivity index (χ4v) is 8.16. The Morgan fingerprint density at radius 3 is 1.31 bits per heavy atom. The first-order valence-corrected chi connectivity index (χ1v) is 18.2. The largest absolute Gasteiger partial charge is 0.247 e. The first-order chi connectivity index (χ1) is 23.8. The van der Waals surface area contributed by atoms with Gasteiger partial charge in [-0.1, -0.05) is 174 Å². The zero-order chi connectivity index (χ0) is 32.3. The minimum atomic E-state index is 0.183. The maximum Gasteiger partial charge on any atom is 0.0791 e. The van der Waals surface area contributed by atoms with E-state index in [9.17, 15) is 0 Å². The lowest BCUT2D eigenvalue weighted by atomic mass is 9.79. The molecular weight excluding hydrogens is 581 g/mol. The highest BCUT2D eigenvalue weighted by molar-refractivity contribution is 6.13. The number of para-hydroxylation sites is 2. The highest BCUT2D eigenvalue weighted by Crippen LogP contribution is 2.45. The van der Waals surface area contributed by atoms with Crippen LogP contribution >= 0.6 is 0 Å². The molecule has 0 spiro atoms. The van der Waals surface area contributed by atoms with E-state index in [0.29, 0.717) is 0 Å². The van der Waals surface area contributed by atoms with E-state index in [1.807, 2.05) is 0 Å². The Balaban J connectivity index is 1.35. The van der Waals surface area contributed by atoms with Crippen LogP contribution in [0.2, 0.25) is 0 Å². The highest BCUT2D eigenvalue weighted by atomic mass is 14.7. The molecule has 0 N–H and O–H groups in total.